The Morgan fingerprint density at radius 1 is 1.24 bits per heavy atom. The fourth-order valence-corrected chi connectivity index (χ4v) is 2.57. The van der Waals surface area contributed by atoms with Crippen LogP contribution in [0.3, 0.4) is 0 Å². The number of carbonyl (C=O) groups is 1. The molecule has 0 unspecified atom stereocenters. The van der Waals surface area contributed by atoms with Gasteiger partial charge in [0.2, 0.25) is 0 Å². The van der Waals surface area contributed by atoms with Crippen LogP contribution < -0.4 is 10.1 Å². The molecule has 0 fully saturated rings. The van der Waals surface area contributed by atoms with Gasteiger partial charge in [-0.1, -0.05) is 0 Å². The highest BCUT2D eigenvalue weighted by Crippen LogP contribution is 2.19. The summed E-state index contributed by atoms with van der Waals surface area (Å²) in [7, 11) is 0. The lowest BCUT2D eigenvalue weighted by molar-refractivity contribution is -0.384. The van der Waals surface area contributed by atoms with E-state index < -0.39 is 22.5 Å². The summed E-state index contributed by atoms with van der Waals surface area (Å²) in [6, 6.07) is 8.40. The van der Waals surface area contributed by atoms with Gasteiger partial charge in [0.25, 0.3) is 11.6 Å². The van der Waals surface area contributed by atoms with E-state index in [0.717, 1.165) is 18.2 Å². The second-order valence-corrected chi connectivity index (χ2v) is 6.16. The van der Waals surface area contributed by atoms with Crippen molar-refractivity contribution in [2.45, 2.75) is 13.5 Å². The number of aryl methyl sites for hydroxylation is 1. The Hall–Kier alpha value is -3.82. The first-order valence-corrected chi connectivity index (χ1v) is 8.47. The molecule has 8 nitrogen and oxygen atoms in total. The van der Waals surface area contributed by atoms with Crippen LogP contribution in [0.1, 0.15) is 11.1 Å². The second-order valence-electron chi connectivity index (χ2n) is 6.16. The lowest BCUT2D eigenvalue weighted by Crippen LogP contribution is -2.23. The van der Waals surface area contributed by atoms with Gasteiger partial charge in [-0.15, -0.1) is 0 Å². The minimum absolute atomic E-state index is 0.0732. The molecule has 0 saturated heterocycles. The van der Waals surface area contributed by atoms with Crippen LogP contribution in [0.25, 0.3) is 0 Å². The number of hydrogen-bond donors (Lipinski definition) is 1. The summed E-state index contributed by atoms with van der Waals surface area (Å²) >= 11 is 0. The molecule has 150 valence electrons. The number of nitrogens with one attached hydrogen (secondary N) is 1. The number of aromatic nitrogens is 2. The van der Waals surface area contributed by atoms with Gasteiger partial charge in [0.15, 0.2) is 6.61 Å². The Balaban J connectivity index is 1.65. The molecule has 0 aliphatic rings. The SMILES string of the molecule is Cc1cnn(Cc2cc(F)ccc2F)c1NC(=O)COc1ccc([N+](=O)[O-])cc1. The van der Waals surface area contributed by atoms with E-state index in [-0.39, 0.29) is 30.2 Å². The molecule has 0 aliphatic carbocycles. The third-order valence-electron chi connectivity index (χ3n) is 4.03. The van der Waals surface area contributed by atoms with E-state index in [1.165, 1.54) is 35.1 Å². The Labute approximate surface area is 163 Å². The molecule has 0 aliphatic heterocycles. The summed E-state index contributed by atoms with van der Waals surface area (Å²) in [4.78, 5) is 22.3. The lowest BCUT2D eigenvalue weighted by Gasteiger charge is -2.12. The molecule has 1 amide bonds. The van der Waals surface area contributed by atoms with Crippen LogP contribution >= 0.6 is 0 Å². The Kier molecular flexibility index (Phi) is 5.82. The summed E-state index contributed by atoms with van der Waals surface area (Å²) in [5, 5.41) is 17.4. The molecule has 1 heterocycles. The predicted molar refractivity (Wildman–Crippen MR) is 99.6 cm³/mol. The Morgan fingerprint density at radius 2 is 1.97 bits per heavy atom. The zero-order chi connectivity index (χ0) is 21.0. The zero-order valence-corrected chi connectivity index (χ0v) is 15.3. The monoisotopic (exact) mass is 402 g/mol. The summed E-state index contributed by atoms with van der Waals surface area (Å²) in [5.41, 5.74) is 0.627. The van der Waals surface area contributed by atoms with E-state index in [1.807, 2.05) is 0 Å². The van der Waals surface area contributed by atoms with Crippen molar-refractivity contribution in [2.24, 2.45) is 0 Å². The number of anilines is 1. The first-order valence-electron chi connectivity index (χ1n) is 8.47. The molecule has 3 aromatic rings. The van der Waals surface area contributed by atoms with Crippen LogP contribution in [-0.2, 0) is 11.3 Å². The Morgan fingerprint density at radius 3 is 2.66 bits per heavy atom. The molecule has 0 saturated carbocycles. The van der Waals surface area contributed by atoms with Gasteiger partial charge >= 0.3 is 0 Å². The molecular formula is C19H16F2N4O4. The molecule has 1 N–H and O–H groups in total. The number of benzene rings is 2. The molecule has 0 radical (unpaired) electrons. The van der Waals surface area contributed by atoms with Gasteiger partial charge in [0, 0.05) is 23.3 Å². The van der Waals surface area contributed by atoms with Gasteiger partial charge in [-0.05, 0) is 37.3 Å². The average Bonchev–Trinajstić information content (AvgIpc) is 3.03. The number of carbonyl (C=O) groups excluding carboxylic acids is 1. The van der Waals surface area contributed by atoms with Crippen LogP contribution in [0.2, 0.25) is 0 Å². The first kappa shape index (κ1) is 19.9. The predicted octanol–water partition coefficient (Wildman–Crippen LogP) is 3.44. The quantitative estimate of drug-likeness (QED) is 0.482. The molecule has 10 heteroatoms. The van der Waals surface area contributed by atoms with E-state index in [1.54, 1.807) is 6.92 Å². The molecule has 1 aromatic heterocycles. The van der Waals surface area contributed by atoms with Crippen molar-refractivity contribution in [2.75, 3.05) is 11.9 Å². The molecule has 2 aromatic carbocycles. The first-order chi connectivity index (χ1) is 13.8. The zero-order valence-electron chi connectivity index (χ0n) is 15.3. The summed E-state index contributed by atoms with van der Waals surface area (Å²) in [5.74, 6) is -1.05. The third kappa shape index (κ3) is 4.92. The normalized spacial score (nSPS) is 10.6. The smallest absolute Gasteiger partial charge is 0.269 e. The average molecular weight is 402 g/mol. The van der Waals surface area contributed by atoms with Crippen molar-refractivity contribution in [3.63, 3.8) is 0 Å². The highest BCUT2D eigenvalue weighted by Gasteiger charge is 2.14. The number of amides is 1. The molecule has 0 bridgehead atoms. The van der Waals surface area contributed by atoms with Crippen molar-refractivity contribution in [3.05, 3.63) is 81.5 Å². The van der Waals surface area contributed by atoms with Gasteiger partial charge in [0.05, 0.1) is 17.7 Å². The van der Waals surface area contributed by atoms with Gasteiger partial charge in [-0.25, -0.2) is 13.5 Å². The Bertz CT molecular complexity index is 1050. The number of non-ortho nitro benzene ring substituents is 1. The minimum Gasteiger partial charge on any atom is -0.484 e. The topological polar surface area (TPSA) is 99.3 Å². The van der Waals surface area contributed by atoms with E-state index in [4.69, 9.17) is 4.74 Å². The number of ether oxygens (including phenoxy) is 1. The van der Waals surface area contributed by atoms with Crippen molar-refractivity contribution >= 4 is 17.4 Å². The number of hydrogen-bond acceptors (Lipinski definition) is 5. The lowest BCUT2D eigenvalue weighted by atomic mass is 10.2. The minimum atomic E-state index is -0.585. The highest BCUT2D eigenvalue weighted by molar-refractivity contribution is 5.91. The van der Waals surface area contributed by atoms with E-state index in [2.05, 4.69) is 10.4 Å². The highest BCUT2D eigenvalue weighted by atomic mass is 19.1. The fraction of sp³-hybridized carbons (Fsp3) is 0.158. The molecule has 0 spiro atoms. The van der Waals surface area contributed by atoms with Crippen molar-refractivity contribution in [3.8, 4) is 5.75 Å². The number of nitro groups is 1. The summed E-state index contributed by atoms with van der Waals surface area (Å²) in [6.45, 7) is 1.28. The van der Waals surface area contributed by atoms with Gasteiger partial charge in [-0.2, -0.15) is 5.10 Å². The van der Waals surface area contributed by atoms with Crippen molar-refractivity contribution in [1.29, 1.82) is 0 Å². The third-order valence-corrected chi connectivity index (χ3v) is 4.03. The summed E-state index contributed by atoms with van der Waals surface area (Å²) < 4.78 is 33.9. The standard InChI is InChI=1S/C19H16F2N4O4/c1-12-9-22-24(10-13-8-14(20)2-7-17(13)21)19(12)23-18(26)11-29-16-5-3-15(4-6-16)25(27)28/h2-9H,10-11H2,1H3,(H,23,26). The van der Waals surface area contributed by atoms with E-state index in [9.17, 15) is 23.7 Å². The van der Waals surface area contributed by atoms with E-state index >= 15 is 0 Å². The maximum Gasteiger partial charge on any atom is 0.269 e. The van der Waals surface area contributed by atoms with Gasteiger partial charge < -0.3 is 10.1 Å². The van der Waals surface area contributed by atoms with Gasteiger partial charge in [0.1, 0.15) is 23.2 Å². The number of nitrogens with zero attached hydrogens (tertiary/aromatic N) is 3. The fourth-order valence-electron chi connectivity index (χ4n) is 2.57. The maximum atomic E-state index is 13.9. The van der Waals surface area contributed by atoms with Crippen LogP contribution in [-0.4, -0.2) is 27.2 Å². The second kappa shape index (κ2) is 8.46. The molecule has 3 rings (SSSR count). The van der Waals surface area contributed by atoms with Crippen LogP contribution in [0, 0.1) is 28.7 Å². The summed E-state index contributed by atoms with van der Waals surface area (Å²) in [6.07, 6.45) is 1.49. The van der Waals surface area contributed by atoms with Crippen LogP contribution in [0.5, 0.6) is 5.75 Å². The maximum absolute atomic E-state index is 13.9. The van der Waals surface area contributed by atoms with Crippen molar-refractivity contribution < 1.29 is 23.2 Å². The van der Waals surface area contributed by atoms with Crippen LogP contribution in [0.4, 0.5) is 20.3 Å². The van der Waals surface area contributed by atoms with E-state index in [0.29, 0.717) is 11.4 Å². The largest absolute Gasteiger partial charge is 0.484 e. The molecular weight excluding hydrogens is 386 g/mol. The van der Waals surface area contributed by atoms with Crippen LogP contribution in [0.15, 0.2) is 48.7 Å². The molecule has 29 heavy (non-hydrogen) atoms. The number of nitro benzene ring substituents is 1. The molecule has 0 atom stereocenters. The number of rotatable bonds is 7. The number of halogens is 2. The van der Waals surface area contributed by atoms with Crippen molar-refractivity contribution in [1.82, 2.24) is 9.78 Å². The van der Waals surface area contributed by atoms with Gasteiger partial charge in [-0.3, -0.25) is 14.9 Å².